The lowest BCUT2D eigenvalue weighted by Gasteiger charge is -2.30. The summed E-state index contributed by atoms with van der Waals surface area (Å²) in [6.07, 6.45) is 0.261. The lowest BCUT2D eigenvalue weighted by atomic mass is 10.0. The smallest absolute Gasteiger partial charge is 0.410 e. The molecule has 1 aliphatic rings. The molecule has 0 aliphatic carbocycles. The zero-order chi connectivity index (χ0) is 21.5. The van der Waals surface area contributed by atoms with Gasteiger partial charge in [0.2, 0.25) is 0 Å². The fourth-order valence-corrected chi connectivity index (χ4v) is 3.81. The summed E-state index contributed by atoms with van der Waals surface area (Å²) in [5.74, 6) is -0.261. The molecule has 1 N–H and O–H groups in total. The number of carbonyl (C=O) groups is 2. The maximum atomic E-state index is 13.1. The Balaban J connectivity index is 1.86. The zero-order valence-corrected chi connectivity index (χ0v) is 18.3. The summed E-state index contributed by atoms with van der Waals surface area (Å²) >= 11 is 0. The number of carbonyl (C=O) groups excluding carboxylic acids is 2. The predicted molar refractivity (Wildman–Crippen MR) is 112 cm³/mol. The Labute approximate surface area is 172 Å². The van der Waals surface area contributed by atoms with Crippen molar-refractivity contribution in [2.45, 2.75) is 60.1 Å². The highest BCUT2D eigenvalue weighted by atomic mass is 16.6. The Kier molecular flexibility index (Phi) is 5.43. The first-order chi connectivity index (χ1) is 13.5. The molecule has 0 atom stereocenters. The maximum Gasteiger partial charge on any atom is 0.410 e. The van der Waals surface area contributed by atoms with Crippen LogP contribution in [0.25, 0.3) is 0 Å². The van der Waals surface area contributed by atoms with Crippen LogP contribution in [0.1, 0.15) is 59.2 Å². The van der Waals surface area contributed by atoms with Crippen molar-refractivity contribution in [3.8, 4) is 0 Å². The highest BCUT2D eigenvalue weighted by Crippen LogP contribution is 2.26. The standard InChI is InChI=1S/C22H30N4O3/c1-13-10-14(2)18(15(3)11-13)23-20(27)19-16-12-26(21(28)29-22(4,5)6)9-8-17(16)25(7)24-19/h10-11H,8-9,12H2,1-7H3,(H,23,27). The van der Waals surface area contributed by atoms with Crippen molar-refractivity contribution in [1.29, 1.82) is 0 Å². The predicted octanol–water partition coefficient (Wildman–Crippen LogP) is 3.89. The van der Waals surface area contributed by atoms with Crippen LogP contribution in [0.15, 0.2) is 12.1 Å². The number of rotatable bonds is 2. The van der Waals surface area contributed by atoms with Gasteiger partial charge in [-0.1, -0.05) is 17.7 Å². The summed E-state index contributed by atoms with van der Waals surface area (Å²) in [6.45, 7) is 12.4. The van der Waals surface area contributed by atoms with E-state index in [1.165, 1.54) is 0 Å². The summed E-state index contributed by atoms with van der Waals surface area (Å²) in [5.41, 5.74) is 5.53. The Hall–Kier alpha value is -2.83. The molecule has 0 fully saturated rings. The maximum absolute atomic E-state index is 13.1. The van der Waals surface area contributed by atoms with Crippen molar-refractivity contribution in [2.75, 3.05) is 11.9 Å². The fourth-order valence-electron chi connectivity index (χ4n) is 3.81. The first-order valence-corrected chi connectivity index (χ1v) is 9.88. The lowest BCUT2D eigenvalue weighted by Crippen LogP contribution is -2.40. The van der Waals surface area contributed by atoms with Crippen LogP contribution in [0.5, 0.6) is 0 Å². The third-order valence-corrected chi connectivity index (χ3v) is 5.02. The molecule has 3 rings (SSSR count). The van der Waals surface area contributed by atoms with E-state index in [-0.39, 0.29) is 12.0 Å². The molecule has 0 saturated heterocycles. The van der Waals surface area contributed by atoms with E-state index in [2.05, 4.69) is 10.4 Å². The summed E-state index contributed by atoms with van der Waals surface area (Å²) < 4.78 is 7.24. The average Bonchev–Trinajstić information content (AvgIpc) is 2.93. The van der Waals surface area contributed by atoms with Crippen LogP contribution in [0.4, 0.5) is 10.5 Å². The fraction of sp³-hybridized carbons (Fsp3) is 0.500. The van der Waals surface area contributed by atoms with Gasteiger partial charge in [-0.05, 0) is 52.7 Å². The Morgan fingerprint density at radius 3 is 2.34 bits per heavy atom. The molecule has 2 amide bonds. The molecular formula is C22H30N4O3. The molecule has 7 heteroatoms. The van der Waals surface area contributed by atoms with Crippen LogP contribution in [-0.4, -0.2) is 38.8 Å². The van der Waals surface area contributed by atoms with E-state index in [1.54, 1.807) is 9.58 Å². The number of benzene rings is 1. The highest BCUT2D eigenvalue weighted by molar-refractivity contribution is 6.05. The number of nitrogens with zero attached hydrogens (tertiary/aromatic N) is 3. The monoisotopic (exact) mass is 398 g/mol. The first-order valence-electron chi connectivity index (χ1n) is 9.88. The van der Waals surface area contributed by atoms with Crippen molar-refractivity contribution in [2.24, 2.45) is 7.05 Å². The number of ether oxygens (including phenoxy) is 1. The average molecular weight is 399 g/mol. The van der Waals surface area contributed by atoms with E-state index in [0.29, 0.717) is 25.2 Å². The van der Waals surface area contributed by atoms with Gasteiger partial charge in [-0.3, -0.25) is 9.48 Å². The lowest BCUT2D eigenvalue weighted by molar-refractivity contribution is 0.0222. The van der Waals surface area contributed by atoms with Crippen molar-refractivity contribution in [1.82, 2.24) is 14.7 Å². The highest BCUT2D eigenvalue weighted by Gasteiger charge is 2.31. The van der Waals surface area contributed by atoms with Crippen LogP contribution >= 0.6 is 0 Å². The van der Waals surface area contributed by atoms with Crippen molar-refractivity contribution in [3.63, 3.8) is 0 Å². The molecule has 1 aliphatic heterocycles. The molecule has 0 unspecified atom stereocenters. The minimum atomic E-state index is -0.563. The Morgan fingerprint density at radius 2 is 1.76 bits per heavy atom. The number of nitrogens with one attached hydrogen (secondary N) is 1. The van der Waals surface area contributed by atoms with Gasteiger partial charge in [0.05, 0.1) is 6.54 Å². The minimum absolute atomic E-state index is 0.261. The molecule has 2 aromatic rings. The summed E-state index contributed by atoms with van der Waals surface area (Å²) in [6, 6.07) is 4.08. The van der Waals surface area contributed by atoms with Gasteiger partial charge in [-0.2, -0.15) is 5.10 Å². The molecular weight excluding hydrogens is 368 g/mol. The van der Waals surface area contributed by atoms with Gasteiger partial charge < -0.3 is 15.0 Å². The van der Waals surface area contributed by atoms with Gasteiger partial charge in [0.1, 0.15) is 5.60 Å². The van der Waals surface area contributed by atoms with Crippen LogP contribution in [0, 0.1) is 20.8 Å². The Morgan fingerprint density at radius 1 is 1.14 bits per heavy atom. The van der Waals surface area contributed by atoms with Crippen LogP contribution in [-0.2, 0) is 24.8 Å². The summed E-state index contributed by atoms with van der Waals surface area (Å²) in [7, 11) is 1.83. The van der Waals surface area contributed by atoms with Crippen molar-refractivity contribution < 1.29 is 14.3 Å². The van der Waals surface area contributed by atoms with E-state index in [4.69, 9.17) is 4.74 Å². The van der Waals surface area contributed by atoms with Gasteiger partial charge in [-0.15, -0.1) is 0 Å². The molecule has 0 spiro atoms. The number of fused-ring (bicyclic) bond motifs is 1. The number of hydrogen-bond donors (Lipinski definition) is 1. The number of anilines is 1. The summed E-state index contributed by atoms with van der Waals surface area (Å²) in [5, 5.41) is 7.48. The molecule has 0 saturated carbocycles. The largest absolute Gasteiger partial charge is 0.444 e. The second-order valence-corrected chi connectivity index (χ2v) is 8.78. The minimum Gasteiger partial charge on any atom is -0.444 e. The zero-order valence-electron chi connectivity index (χ0n) is 18.3. The molecule has 2 heterocycles. The third kappa shape index (κ3) is 4.44. The van der Waals surface area contributed by atoms with Crippen LogP contribution in [0.2, 0.25) is 0 Å². The molecule has 0 radical (unpaired) electrons. The van der Waals surface area contributed by atoms with E-state index in [0.717, 1.165) is 33.6 Å². The molecule has 7 nitrogen and oxygen atoms in total. The van der Waals surface area contributed by atoms with Crippen LogP contribution in [0.3, 0.4) is 0 Å². The van der Waals surface area contributed by atoms with Gasteiger partial charge in [0, 0.05) is 37.0 Å². The number of aromatic nitrogens is 2. The number of hydrogen-bond acceptors (Lipinski definition) is 4. The summed E-state index contributed by atoms with van der Waals surface area (Å²) in [4.78, 5) is 27.2. The third-order valence-electron chi connectivity index (χ3n) is 5.02. The van der Waals surface area contributed by atoms with Gasteiger partial charge >= 0.3 is 6.09 Å². The van der Waals surface area contributed by atoms with Gasteiger partial charge in [-0.25, -0.2) is 4.79 Å². The topological polar surface area (TPSA) is 76.5 Å². The molecule has 156 valence electrons. The second kappa shape index (κ2) is 7.54. The normalized spacial score (nSPS) is 13.8. The Bertz CT molecular complexity index is 946. The number of aryl methyl sites for hydroxylation is 4. The number of amides is 2. The molecule has 0 bridgehead atoms. The molecule has 1 aromatic heterocycles. The van der Waals surface area contributed by atoms with E-state index in [9.17, 15) is 9.59 Å². The molecule has 29 heavy (non-hydrogen) atoms. The van der Waals surface area contributed by atoms with Crippen molar-refractivity contribution >= 4 is 17.7 Å². The first kappa shape index (κ1) is 20.9. The van der Waals surface area contributed by atoms with E-state index < -0.39 is 5.60 Å². The quantitative estimate of drug-likeness (QED) is 0.833. The van der Waals surface area contributed by atoms with Crippen molar-refractivity contribution in [3.05, 3.63) is 45.8 Å². The van der Waals surface area contributed by atoms with E-state index >= 15 is 0 Å². The van der Waals surface area contributed by atoms with Gasteiger partial charge in [0.15, 0.2) is 5.69 Å². The van der Waals surface area contributed by atoms with E-state index in [1.807, 2.05) is 60.7 Å². The van der Waals surface area contributed by atoms with Gasteiger partial charge in [0.25, 0.3) is 5.91 Å². The SMILES string of the molecule is Cc1cc(C)c(NC(=O)c2nn(C)c3c2CN(C(=O)OC(C)(C)C)CC3)c(C)c1. The van der Waals surface area contributed by atoms with Crippen LogP contribution < -0.4 is 5.32 Å². The molecule has 1 aromatic carbocycles. The second-order valence-electron chi connectivity index (χ2n) is 8.78.